The average molecular weight is 365 g/mol. The van der Waals surface area contributed by atoms with Crippen LogP contribution in [0, 0.1) is 6.92 Å². The van der Waals surface area contributed by atoms with Crippen molar-refractivity contribution in [2.24, 2.45) is 0 Å². The Labute approximate surface area is 162 Å². The minimum absolute atomic E-state index is 0.181. The molecule has 0 saturated carbocycles. The topological polar surface area (TPSA) is 50.9 Å². The number of hydrogen-bond acceptors (Lipinski definition) is 3. The molecule has 0 aliphatic carbocycles. The van der Waals surface area contributed by atoms with Gasteiger partial charge in [-0.25, -0.2) is 9.97 Å². The molecule has 0 saturated heterocycles. The van der Waals surface area contributed by atoms with E-state index in [1.165, 1.54) is 11.1 Å². The molecule has 1 N–H and O–H groups in total. The van der Waals surface area contributed by atoms with Crippen molar-refractivity contribution in [2.75, 3.05) is 0 Å². The Morgan fingerprint density at radius 1 is 0.857 bits per heavy atom. The molecule has 0 amide bonds. The van der Waals surface area contributed by atoms with Crippen molar-refractivity contribution in [1.82, 2.24) is 14.5 Å². The highest BCUT2D eigenvalue weighted by Crippen LogP contribution is 2.29. The molecule has 0 fully saturated rings. The largest absolute Gasteiger partial charge is 0.506 e. The molecule has 136 valence electrons. The summed E-state index contributed by atoms with van der Waals surface area (Å²) >= 11 is 0. The van der Waals surface area contributed by atoms with Crippen molar-refractivity contribution < 1.29 is 5.11 Å². The van der Waals surface area contributed by atoms with Gasteiger partial charge in [-0.05, 0) is 36.8 Å². The first kappa shape index (κ1) is 16.5. The number of rotatable bonds is 3. The molecule has 0 spiro atoms. The first-order valence-electron chi connectivity index (χ1n) is 9.29. The van der Waals surface area contributed by atoms with Crippen LogP contribution in [0.3, 0.4) is 0 Å². The van der Waals surface area contributed by atoms with Crippen LogP contribution >= 0.6 is 0 Å². The predicted octanol–water partition coefficient (Wildman–Crippen LogP) is 5.31. The van der Waals surface area contributed by atoms with Gasteiger partial charge in [-0.2, -0.15) is 0 Å². The summed E-state index contributed by atoms with van der Waals surface area (Å²) in [5.74, 6) is 0.980. The van der Waals surface area contributed by atoms with Crippen molar-refractivity contribution in [3.05, 3.63) is 90.0 Å². The van der Waals surface area contributed by atoms with E-state index < -0.39 is 0 Å². The van der Waals surface area contributed by atoms with Crippen molar-refractivity contribution in [2.45, 2.75) is 13.5 Å². The number of pyridine rings is 1. The minimum atomic E-state index is 0.181. The lowest BCUT2D eigenvalue weighted by atomic mass is 10.1. The molecule has 0 radical (unpaired) electrons. The Bertz CT molecular complexity index is 1320. The third kappa shape index (κ3) is 2.79. The van der Waals surface area contributed by atoms with Crippen LogP contribution < -0.4 is 0 Å². The Kier molecular flexibility index (Phi) is 3.83. The maximum absolute atomic E-state index is 10.2. The molecule has 3 aromatic carbocycles. The second kappa shape index (κ2) is 6.50. The lowest BCUT2D eigenvalue weighted by Gasteiger charge is -2.11. The molecule has 28 heavy (non-hydrogen) atoms. The zero-order chi connectivity index (χ0) is 19.1. The van der Waals surface area contributed by atoms with Crippen molar-refractivity contribution >= 4 is 21.9 Å². The lowest BCUT2D eigenvalue weighted by Crippen LogP contribution is -2.03. The van der Waals surface area contributed by atoms with Crippen LogP contribution in [0.25, 0.3) is 33.5 Å². The highest BCUT2D eigenvalue weighted by Gasteiger charge is 2.15. The number of nitrogens with zero attached hydrogens (tertiary/aromatic N) is 3. The Balaban J connectivity index is 1.72. The SMILES string of the molecule is Cc1cccc(Cn2c(-c3ccc4cccc(O)c4n3)nc3ccccc32)c1. The summed E-state index contributed by atoms with van der Waals surface area (Å²) < 4.78 is 2.19. The van der Waals surface area contributed by atoms with Crippen LogP contribution in [0.15, 0.2) is 78.9 Å². The summed E-state index contributed by atoms with van der Waals surface area (Å²) in [5.41, 5.74) is 5.79. The summed E-state index contributed by atoms with van der Waals surface area (Å²) in [6.45, 7) is 2.81. The third-order valence-electron chi connectivity index (χ3n) is 5.01. The number of benzene rings is 3. The first-order chi connectivity index (χ1) is 13.7. The van der Waals surface area contributed by atoms with Gasteiger partial charge >= 0.3 is 0 Å². The smallest absolute Gasteiger partial charge is 0.160 e. The Hall–Kier alpha value is -3.66. The number of fused-ring (bicyclic) bond motifs is 2. The predicted molar refractivity (Wildman–Crippen MR) is 112 cm³/mol. The maximum Gasteiger partial charge on any atom is 0.160 e. The summed E-state index contributed by atoms with van der Waals surface area (Å²) in [5, 5.41) is 11.1. The lowest BCUT2D eigenvalue weighted by molar-refractivity contribution is 0.480. The van der Waals surface area contributed by atoms with Gasteiger partial charge in [0.05, 0.1) is 11.0 Å². The molecule has 4 nitrogen and oxygen atoms in total. The zero-order valence-corrected chi connectivity index (χ0v) is 15.5. The number of aryl methyl sites for hydroxylation is 1. The number of hydrogen-bond donors (Lipinski definition) is 1. The van der Waals surface area contributed by atoms with Gasteiger partial charge in [0.2, 0.25) is 0 Å². The van der Waals surface area contributed by atoms with Crippen LogP contribution in [0.4, 0.5) is 0 Å². The summed E-state index contributed by atoms with van der Waals surface area (Å²) in [6.07, 6.45) is 0. The number of para-hydroxylation sites is 3. The molecule has 0 unspecified atom stereocenters. The maximum atomic E-state index is 10.2. The van der Waals surface area contributed by atoms with E-state index in [4.69, 9.17) is 9.97 Å². The number of imidazole rings is 1. The van der Waals surface area contributed by atoms with E-state index in [9.17, 15) is 5.11 Å². The van der Waals surface area contributed by atoms with Crippen molar-refractivity contribution in [1.29, 1.82) is 0 Å². The Morgan fingerprint density at radius 3 is 2.61 bits per heavy atom. The Morgan fingerprint density at radius 2 is 1.71 bits per heavy atom. The van der Waals surface area contributed by atoms with E-state index in [1.54, 1.807) is 6.07 Å². The van der Waals surface area contributed by atoms with Crippen LogP contribution in [0.1, 0.15) is 11.1 Å². The molecule has 2 aromatic heterocycles. The summed E-state index contributed by atoms with van der Waals surface area (Å²) in [6, 6.07) is 26.0. The first-order valence-corrected chi connectivity index (χ1v) is 9.29. The van der Waals surface area contributed by atoms with Crippen molar-refractivity contribution in [3.63, 3.8) is 0 Å². The van der Waals surface area contributed by atoms with Gasteiger partial charge < -0.3 is 9.67 Å². The van der Waals surface area contributed by atoms with Gasteiger partial charge in [-0.15, -0.1) is 0 Å². The van der Waals surface area contributed by atoms with Crippen LogP contribution in [-0.2, 0) is 6.54 Å². The molecule has 0 bridgehead atoms. The van der Waals surface area contributed by atoms with Gasteiger partial charge in [-0.1, -0.05) is 60.2 Å². The molecular weight excluding hydrogens is 346 g/mol. The fourth-order valence-corrected chi connectivity index (χ4v) is 3.68. The van der Waals surface area contributed by atoms with Gasteiger partial charge in [0.1, 0.15) is 17.0 Å². The average Bonchev–Trinajstić information content (AvgIpc) is 3.07. The molecule has 4 heteroatoms. The number of phenolic OH excluding ortho intramolecular Hbond substituents is 1. The van der Waals surface area contributed by atoms with E-state index >= 15 is 0 Å². The second-order valence-electron chi connectivity index (χ2n) is 7.04. The van der Waals surface area contributed by atoms with E-state index in [1.807, 2.05) is 42.5 Å². The normalized spacial score (nSPS) is 11.3. The molecule has 5 rings (SSSR count). The van der Waals surface area contributed by atoms with E-state index in [0.717, 1.165) is 27.9 Å². The third-order valence-corrected chi connectivity index (χ3v) is 5.01. The van der Waals surface area contributed by atoms with Gasteiger partial charge in [-0.3, -0.25) is 0 Å². The molecule has 0 aliphatic heterocycles. The molecule has 0 aliphatic rings. The van der Waals surface area contributed by atoms with Gasteiger partial charge in [0.15, 0.2) is 5.82 Å². The summed E-state index contributed by atoms with van der Waals surface area (Å²) in [4.78, 5) is 9.58. The highest BCUT2D eigenvalue weighted by atomic mass is 16.3. The van der Waals surface area contributed by atoms with Crippen LogP contribution in [-0.4, -0.2) is 19.6 Å². The van der Waals surface area contributed by atoms with Gasteiger partial charge in [0, 0.05) is 11.9 Å². The number of aromatic nitrogens is 3. The summed E-state index contributed by atoms with van der Waals surface area (Å²) in [7, 11) is 0. The van der Waals surface area contributed by atoms with Crippen LogP contribution in [0.2, 0.25) is 0 Å². The molecular formula is C24H19N3O. The zero-order valence-electron chi connectivity index (χ0n) is 15.5. The quantitative estimate of drug-likeness (QED) is 0.471. The second-order valence-corrected chi connectivity index (χ2v) is 7.04. The molecule has 2 heterocycles. The fraction of sp³-hybridized carbons (Fsp3) is 0.0833. The fourth-order valence-electron chi connectivity index (χ4n) is 3.68. The number of aromatic hydroxyl groups is 1. The number of phenols is 1. The minimum Gasteiger partial charge on any atom is -0.506 e. The molecule has 5 aromatic rings. The monoisotopic (exact) mass is 365 g/mol. The van der Waals surface area contributed by atoms with E-state index in [-0.39, 0.29) is 5.75 Å². The highest BCUT2D eigenvalue weighted by molar-refractivity contribution is 5.87. The molecule has 0 atom stereocenters. The van der Waals surface area contributed by atoms with E-state index in [2.05, 4.69) is 41.8 Å². The van der Waals surface area contributed by atoms with Crippen LogP contribution in [0.5, 0.6) is 5.75 Å². The van der Waals surface area contributed by atoms with E-state index in [0.29, 0.717) is 12.1 Å². The van der Waals surface area contributed by atoms with Crippen molar-refractivity contribution in [3.8, 4) is 17.3 Å². The van der Waals surface area contributed by atoms with Gasteiger partial charge in [0.25, 0.3) is 0 Å². The standard InChI is InChI=1S/C24H19N3O/c1-16-6-4-7-17(14-16)15-27-21-10-3-2-9-19(21)26-24(27)20-13-12-18-8-5-11-22(28)23(18)25-20/h2-14,28H,15H2,1H3.